The lowest BCUT2D eigenvalue weighted by molar-refractivity contribution is -0.141. The van der Waals surface area contributed by atoms with Crippen molar-refractivity contribution in [1.82, 2.24) is 20.9 Å². The number of fused-ring (bicyclic) bond motifs is 1. The number of hydrogen-bond donors (Lipinski definition) is 9. The molecule has 0 aliphatic carbocycles. The first kappa shape index (κ1) is 32.4. The Hall–Kier alpha value is -5.11. The Kier molecular flexibility index (Phi) is 11.5. The fourth-order valence-corrected chi connectivity index (χ4v) is 4.41. The lowest BCUT2D eigenvalue weighted by Gasteiger charge is -2.25. The monoisotopic (exact) mass is 594 g/mol. The van der Waals surface area contributed by atoms with Gasteiger partial charge in [0.05, 0.1) is 6.04 Å². The van der Waals surface area contributed by atoms with Crippen molar-refractivity contribution in [3.05, 3.63) is 65.9 Å². The Morgan fingerprint density at radius 1 is 0.907 bits per heavy atom. The van der Waals surface area contributed by atoms with E-state index in [2.05, 4.69) is 25.9 Å². The zero-order valence-corrected chi connectivity index (χ0v) is 23.7. The smallest absolute Gasteiger partial charge is 0.325 e. The van der Waals surface area contributed by atoms with Crippen molar-refractivity contribution in [2.75, 3.05) is 6.54 Å². The minimum atomic E-state index is -1.25. The Morgan fingerprint density at radius 3 is 2.23 bits per heavy atom. The Balaban J connectivity index is 1.78. The summed E-state index contributed by atoms with van der Waals surface area (Å²) in [6.07, 6.45) is 2.38. The highest BCUT2D eigenvalue weighted by atomic mass is 16.4. The van der Waals surface area contributed by atoms with Crippen LogP contribution in [0, 0.1) is 0 Å². The van der Waals surface area contributed by atoms with E-state index < -0.39 is 47.9 Å². The van der Waals surface area contributed by atoms with Crippen molar-refractivity contribution >= 4 is 40.6 Å². The van der Waals surface area contributed by atoms with Crippen LogP contribution in [0.15, 0.2) is 59.7 Å². The third-order valence-corrected chi connectivity index (χ3v) is 6.77. The van der Waals surface area contributed by atoms with Crippen LogP contribution in [0.4, 0.5) is 0 Å². The van der Waals surface area contributed by atoms with Gasteiger partial charge in [0, 0.05) is 30.1 Å². The molecule has 0 saturated heterocycles. The number of nitrogens with two attached hydrogens (primary N) is 3. The van der Waals surface area contributed by atoms with Crippen LogP contribution in [-0.2, 0) is 32.0 Å². The van der Waals surface area contributed by atoms with Gasteiger partial charge in [-0.1, -0.05) is 30.3 Å². The van der Waals surface area contributed by atoms with Gasteiger partial charge in [0.25, 0.3) is 0 Å². The molecule has 43 heavy (non-hydrogen) atoms. The van der Waals surface area contributed by atoms with E-state index in [1.54, 1.807) is 18.3 Å². The topological polar surface area (TPSA) is 251 Å². The van der Waals surface area contributed by atoms with Crippen LogP contribution >= 0.6 is 0 Å². The number of guanidine groups is 1. The van der Waals surface area contributed by atoms with Crippen LogP contribution in [0.25, 0.3) is 10.9 Å². The standard InChI is InChI=1S/C29H38N8O6/c1-16(28(42)43)35-26(40)23(7-4-12-33-29(31)32)36-27(41)24(13-17-8-10-19(38)11-9-17)37-25(39)21(30)14-18-15-34-22-6-3-2-5-20(18)22/h2-3,5-6,8-11,15-16,21,23-24,34,38H,4,7,12-14,30H2,1H3,(H,35,40)(H,36,41)(H,37,39)(H,42,43)(H4,31,32,33). The molecular formula is C29H38N8O6. The van der Waals surface area contributed by atoms with Gasteiger partial charge in [-0.15, -0.1) is 0 Å². The van der Waals surface area contributed by atoms with E-state index >= 15 is 0 Å². The molecule has 1 aromatic heterocycles. The maximum atomic E-state index is 13.6. The number of H-pyrrole nitrogens is 1. The summed E-state index contributed by atoms with van der Waals surface area (Å²) in [5.74, 6) is -3.35. The number of phenols is 1. The molecule has 2 aromatic carbocycles. The van der Waals surface area contributed by atoms with Gasteiger partial charge < -0.3 is 48.3 Å². The van der Waals surface area contributed by atoms with E-state index in [0.29, 0.717) is 12.0 Å². The van der Waals surface area contributed by atoms with E-state index in [9.17, 15) is 29.4 Å². The van der Waals surface area contributed by atoms with Gasteiger partial charge in [-0.25, -0.2) is 0 Å². The molecule has 3 rings (SSSR count). The molecule has 4 unspecified atom stereocenters. The van der Waals surface area contributed by atoms with Crippen LogP contribution in [0.2, 0.25) is 0 Å². The van der Waals surface area contributed by atoms with Crippen LogP contribution in [-0.4, -0.2) is 75.6 Å². The van der Waals surface area contributed by atoms with Crippen molar-refractivity contribution in [2.45, 2.75) is 56.8 Å². The summed E-state index contributed by atoms with van der Waals surface area (Å²) in [6.45, 7) is 1.47. The average molecular weight is 595 g/mol. The molecule has 0 saturated carbocycles. The number of phenolic OH excluding ortho intramolecular Hbond substituents is 1. The van der Waals surface area contributed by atoms with Gasteiger partial charge in [-0.3, -0.25) is 24.2 Å². The number of hydrogen-bond acceptors (Lipinski definition) is 7. The maximum absolute atomic E-state index is 13.6. The predicted octanol–water partition coefficient (Wildman–Crippen LogP) is -0.401. The normalized spacial score (nSPS) is 13.7. The van der Waals surface area contributed by atoms with E-state index in [1.807, 2.05) is 24.3 Å². The lowest BCUT2D eigenvalue weighted by Crippen LogP contribution is -2.57. The molecule has 0 radical (unpaired) electrons. The zero-order chi connectivity index (χ0) is 31.5. The minimum Gasteiger partial charge on any atom is -0.508 e. The number of carbonyl (C=O) groups excluding carboxylic acids is 3. The van der Waals surface area contributed by atoms with E-state index in [-0.39, 0.29) is 37.5 Å². The van der Waals surface area contributed by atoms with Gasteiger partial charge in [-0.2, -0.15) is 0 Å². The molecule has 0 bridgehead atoms. The average Bonchev–Trinajstić information content (AvgIpc) is 3.37. The second kappa shape index (κ2) is 15.2. The third-order valence-electron chi connectivity index (χ3n) is 6.77. The number of carboxylic acid groups (broad SMARTS) is 1. The molecule has 12 N–H and O–H groups in total. The summed E-state index contributed by atoms with van der Waals surface area (Å²) >= 11 is 0. The number of aliphatic imine (C=N–C) groups is 1. The zero-order valence-electron chi connectivity index (χ0n) is 23.7. The molecule has 0 aliphatic rings. The highest BCUT2D eigenvalue weighted by molar-refractivity contribution is 5.94. The summed E-state index contributed by atoms with van der Waals surface area (Å²) in [4.78, 5) is 58.0. The highest BCUT2D eigenvalue weighted by Gasteiger charge is 2.29. The number of rotatable bonds is 15. The summed E-state index contributed by atoms with van der Waals surface area (Å²) in [5.41, 5.74) is 19.3. The second-order valence-electron chi connectivity index (χ2n) is 10.2. The number of aromatic nitrogens is 1. The van der Waals surface area contributed by atoms with Crippen molar-refractivity contribution in [3.63, 3.8) is 0 Å². The molecule has 14 nitrogen and oxygen atoms in total. The fraction of sp³-hybridized carbons (Fsp3) is 0.345. The molecule has 230 valence electrons. The van der Waals surface area contributed by atoms with Crippen LogP contribution in [0.1, 0.15) is 30.9 Å². The number of para-hydroxylation sites is 1. The van der Waals surface area contributed by atoms with E-state index in [4.69, 9.17) is 17.2 Å². The number of nitrogens with zero attached hydrogens (tertiary/aromatic N) is 1. The quantitative estimate of drug-likeness (QED) is 0.0629. The molecule has 0 fully saturated rings. The number of carboxylic acids is 1. The van der Waals surface area contributed by atoms with Gasteiger partial charge >= 0.3 is 5.97 Å². The lowest BCUT2D eigenvalue weighted by atomic mass is 10.0. The van der Waals surface area contributed by atoms with Crippen molar-refractivity contribution < 1.29 is 29.4 Å². The Morgan fingerprint density at radius 2 is 1.56 bits per heavy atom. The Labute approximate surface area is 248 Å². The highest BCUT2D eigenvalue weighted by Crippen LogP contribution is 2.19. The number of nitrogens with one attached hydrogen (secondary N) is 4. The molecule has 3 aromatic rings. The number of aromatic amines is 1. The van der Waals surface area contributed by atoms with Crippen molar-refractivity contribution in [2.24, 2.45) is 22.2 Å². The van der Waals surface area contributed by atoms with Gasteiger partial charge in [0.2, 0.25) is 17.7 Å². The largest absolute Gasteiger partial charge is 0.508 e. The summed E-state index contributed by atoms with van der Waals surface area (Å²) in [5, 5.41) is 27.5. The Bertz CT molecular complexity index is 1450. The molecule has 3 amide bonds. The maximum Gasteiger partial charge on any atom is 0.325 e. The number of carbonyl (C=O) groups is 4. The van der Waals surface area contributed by atoms with Gasteiger partial charge in [0.1, 0.15) is 23.9 Å². The molecule has 1 heterocycles. The van der Waals surface area contributed by atoms with Crippen molar-refractivity contribution in [3.8, 4) is 5.75 Å². The number of aromatic hydroxyl groups is 1. The number of amides is 3. The van der Waals surface area contributed by atoms with Gasteiger partial charge in [-0.05, 0) is 55.5 Å². The van der Waals surface area contributed by atoms with E-state index in [1.165, 1.54) is 19.1 Å². The number of aliphatic carboxylic acids is 1. The predicted molar refractivity (Wildman–Crippen MR) is 161 cm³/mol. The number of benzene rings is 2. The minimum absolute atomic E-state index is 0.0194. The van der Waals surface area contributed by atoms with Crippen LogP contribution in [0.5, 0.6) is 5.75 Å². The second-order valence-corrected chi connectivity index (χ2v) is 10.2. The molecule has 4 atom stereocenters. The molecule has 0 aliphatic heterocycles. The van der Waals surface area contributed by atoms with Gasteiger partial charge in [0.15, 0.2) is 5.96 Å². The molecule has 14 heteroatoms. The fourth-order valence-electron chi connectivity index (χ4n) is 4.41. The summed E-state index contributed by atoms with van der Waals surface area (Å²) < 4.78 is 0. The third kappa shape index (κ3) is 9.74. The SMILES string of the molecule is CC(NC(=O)C(CCCN=C(N)N)NC(=O)C(Cc1ccc(O)cc1)NC(=O)C(N)Cc1c[nH]c2ccccc12)C(=O)O. The summed E-state index contributed by atoms with van der Waals surface area (Å²) in [7, 11) is 0. The van der Waals surface area contributed by atoms with Crippen LogP contribution < -0.4 is 33.2 Å². The van der Waals surface area contributed by atoms with Crippen LogP contribution in [0.3, 0.4) is 0 Å². The first-order chi connectivity index (χ1) is 20.4. The van der Waals surface area contributed by atoms with E-state index in [0.717, 1.165) is 16.5 Å². The first-order valence-corrected chi connectivity index (χ1v) is 13.7. The van der Waals surface area contributed by atoms with Crippen molar-refractivity contribution in [1.29, 1.82) is 0 Å². The summed E-state index contributed by atoms with van der Waals surface area (Å²) in [6, 6.07) is 9.17. The molecule has 0 spiro atoms. The molecular weight excluding hydrogens is 556 g/mol. The first-order valence-electron chi connectivity index (χ1n) is 13.7.